The lowest BCUT2D eigenvalue weighted by atomic mass is 10.0. The summed E-state index contributed by atoms with van der Waals surface area (Å²) >= 11 is 0. The molecule has 0 aliphatic carbocycles. The molecule has 1 aliphatic rings. The third-order valence-electron chi connectivity index (χ3n) is 4.83. The Morgan fingerprint density at radius 1 is 1.14 bits per heavy atom. The molecule has 7 heteroatoms. The molecule has 1 fully saturated rings. The highest BCUT2D eigenvalue weighted by molar-refractivity contribution is 5.81. The van der Waals surface area contributed by atoms with Gasteiger partial charge in [-0.3, -0.25) is 14.6 Å². The Hall–Kier alpha value is -2.67. The highest BCUT2D eigenvalue weighted by Gasteiger charge is 2.30. The van der Waals surface area contributed by atoms with E-state index in [0.717, 1.165) is 24.1 Å². The van der Waals surface area contributed by atoms with Gasteiger partial charge in [-0.15, -0.1) is 0 Å². The molecular weight excluding hydrogens is 381 g/mol. The van der Waals surface area contributed by atoms with E-state index in [1.807, 2.05) is 23.2 Å². The zero-order valence-corrected chi connectivity index (χ0v) is 15.9. The molecule has 4 nitrogen and oxygen atoms in total. The minimum Gasteiger partial charge on any atom is -0.299 e. The van der Waals surface area contributed by atoms with Crippen LogP contribution in [0.3, 0.4) is 0 Å². The van der Waals surface area contributed by atoms with Gasteiger partial charge in [0.15, 0.2) is 0 Å². The molecule has 0 aromatic heterocycles. The normalized spacial score (nSPS) is 15.6. The second-order valence-corrected chi connectivity index (χ2v) is 7.06. The van der Waals surface area contributed by atoms with Crippen LogP contribution in [0.5, 0.6) is 0 Å². The SMILES string of the molecule is O=C(CCN1CCCC(=O)N1Cc1[c]cccc1)Cc1cccc(C(F)(F)F)c1. The van der Waals surface area contributed by atoms with Gasteiger partial charge in [0.2, 0.25) is 5.91 Å². The van der Waals surface area contributed by atoms with Crippen molar-refractivity contribution < 1.29 is 22.8 Å². The first-order valence-corrected chi connectivity index (χ1v) is 9.51. The van der Waals surface area contributed by atoms with Gasteiger partial charge in [0.05, 0.1) is 12.1 Å². The number of ketones is 1. The van der Waals surface area contributed by atoms with Gasteiger partial charge >= 0.3 is 6.18 Å². The number of hydrogen-bond donors (Lipinski definition) is 0. The summed E-state index contributed by atoms with van der Waals surface area (Å²) in [5, 5.41) is 3.50. The molecule has 0 unspecified atom stereocenters. The molecular formula is C22H22F3N2O2. The average Bonchev–Trinajstić information content (AvgIpc) is 2.69. The van der Waals surface area contributed by atoms with E-state index in [4.69, 9.17) is 0 Å². The van der Waals surface area contributed by atoms with E-state index in [1.165, 1.54) is 12.1 Å². The number of carbonyl (C=O) groups is 2. The first kappa shape index (κ1) is 21.0. The van der Waals surface area contributed by atoms with Crippen LogP contribution < -0.4 is 0 Å². The highest BCUT2D eigenvalue weighted by Crippen LogP contribution is 2.29. The van der Waals surface area contributed by atoms with Crippen LogP contribution >= 0.6 is 0 Å². The Balaban J connectivity index is 1.58. The molecule has 3 rings (SSSR count). The van der Waals surface area contributed by atoms with E-state index in [9.17, 15) is 22.8 Å². The van der Waals surface area contributed by atoms with E-state index < -0.39 is 11.7 Å². The van der Waals surface area contributed by atoms with Crippen LogP contribution in [0.1, 0.15) is 36.0 Å². The maximum Gasteiger partial charge on any atom is 0.416 e. The number of halogens is 3. The molecule has 0 N–H and O–H groups in total. The van der Waals surface area contributed by atoms with Gasteiger partial charge in [-0.25, -0.2) is 5.01 Å². The van der Waals surface area contributed by atoms with Crippen LogP contribution in [-0.2, 0) is 28.7 Å². The number of hydrogen-bond acceptors (Lipinski definition) is 3. The first-order valence-electron chi connectivity index (χ1n) is 9.51. The predicted octanol–water partition coefficient (Wildman–Crippen LogP) is 4.05. The second-order valence-electron chi connectivity index (χ2n) is 7.06. The summed E-state index contributed by atoms with van der Waals surface area (Å²) < 4.78 is 38.5. The maximum absolute atomic E-state index is 12.8. The van der Waals surface area contributed by atoms with Gasteiger partial charge in [-0.1, -0.05) is 42.5 Å². The molecule has 1 heterocycles. The number of hydrazine groups is 1. The summed E-state index contributed by atoms with van der Waals surface area (Å²) in [4.78, 5) is 24.7. The van der Waals surface area contributed by atoms with Gasteiger partial charge in [0.1, 0.15) is 5.78 Å². The fourth-order valence-electron chi connectivity index (χ4n) is 3.36. The van der Waals surface area contributed by atoms with Crippen LogP contribution in [-0.4, -0.2) is 34.8 Å². The van der Waals surface area contributed by atoms with Crippen molar-refractivity contribution >= 4 is 11.7 Å². The molecule has 153 valence electrons. The van der Waals surface area contributed by atoms with Crippen molar-refractivity contribution in [3.63, 3.8) is 0 Å². The van der Waals surface area contributed by atoms with Crippen LogP contribution in [0.2, 0.25) is 0 Å². The number of nitrogens with zero attached hydrogens (tertiary/aromatic N) is 2. The van der Waals surface area contributed by atoms with Crippen molar-refractivity contribution in [2.45, 2.75) is 38.4 Å². The molecule has 1 amide bonds. The molecule has 0 saturated carbocycles. The van der Waals surface area contributed by atoms with Crippen LogP contribution in [0.15, 0.2) is 48.5 Å². The highest BCUT2D eigenvalue weighted by atomic mass is 19.4. The van der Waals surface area contributed by atoms with Crippen molar-refractivity contribution in [1.82, 2.24) is 10.0 Å². The van der Waals surface area contributed by atoms with Crippen molar-refractivity contribution in [3.05, 3.63) is 71.3 Å². The van der Waals surface area contributed by atoms with Crippen molar-refractivity contribution in [3.8, 4) is 0 Å². The molecule has 1 aliphatic heterocycles. The summed E-state index contributed by atoms with van der Waals surface area (Å²) in [6.07, 6.45) is -3.14. The zero-order valence-electron chi connectivity index (χ0n) is 15.9. The van der Waals surface area contributed by atoms with Crippen LogP contribution in [0, 0.1) is 6.07 Å². The smallest absolute Gasteiger partial charge is 0.299 e. The summed E-state index contributed by atoms with van der Waals surface area (Å²) in [5.41, 5.74) is 0.466. The number of carbonyl (C=O) groups excluding carboxylic acids is 2. The number of benzene rings is 2. The lowest BCUT2D eigenvalue weighted by Crippen LogP contribution is -2.50. The Morgan fingerprint density at radius 2 is 1.97 bits per heavy atom. The van der Waals surface area contributed by atoms with Gasteiger partial charge in [0, 0.05) is 32.4 Å². The van der Waals surface area contributed by atoms with Gasteiger partial charge in [0.25, 0.3) is 0 Å². The van der Waals surface area contributed by atoms with Crippen molar-refractivity contribution in [2.24, 2.45) is 0 Å². The van der Waals surface area contributed by atoms with Crippen molar-refractivity contribution in [2.75, 3.05) is 13.1 Å². The molecule has 29 heavy (non-hydrogen) atoms. The fraction of sp³-hybridized carbons (Fsp3) is 0.364. The standard InChI is InChI=1S/C22H22F3N2O2/c23-22(24,25)19-9-4-8-18(14-19)15-20(28)11-13-26-12-5-10-21(29)27(26)16-17-6-2-1-3-7-17/h1-4,6,8-9,14H,5,10-13,15-16H2. The summed E-state index contributed by atoms with van der Waals surface area (Å²) in [6.45, 7) is 1.41. The molecule has 1 saturated heterocycles. The quantitative estimate of drug-likeness (QED) is 0.701. The lowest BCUT2D eigenvalue weighted by Gasteiger charge is -2.38. The number of amides is 1. The zero-order chi connectivity index (χ0) is 20.9. The number of Topliss-reactive ketones (excluding diaryl/α,β-unsaturated/α-hetero) is 1. The van der Waals surface area contributed by atoms with E-state index >= 15 is 0 Å². The Morgan fingerprint density at radius 3 is 2.69 bits per heavy atom. The Bertz CT molecular complexity index is 853. The van der Waals surface area contributed by atoms with Crippen molar-refractivity contribution in [1.29, 1.82) is 0 Å². The number of alkyl halides is 3. The van der Waals surface area contributed by atoms with Gasteiger partial charge in [-0.05, 0) is 29.7 Å². The average molecular weight is 403 g/mol. The Labute approximate surface area is 167 Å². The van der Waals surface area contributed by atoms with E-state index in [0.29, 0.717) is 31.6 Å². The monoisotopic (exact) mass is 403 g/mol. The third kappa shape index (κ3) is 5.90. The Kier molecular flexibility index (Phi) is 6.69. The molecule has 1 radical (unpaired) electrons. The molecule has 0 spiro atoms. The van der Waals surface area contributed by atoms with Gasteiger partial charge < -0.3 is 0 Å². The minimum atomic E-state index is -4.43. The summed E-state index contributed by atoms with van der Waals surface area (Å²) in [7, 11) is 0. The lowest BCUT2D eigenvalue weighted by molar-refractivity contribution is -0.158. The molecule has 0 atom stereocenters. The number of rotatable bonds is 7. The maximum atomic E-state index is 12.8. The first-order chi connectivity index (χ1) is 13.8. The predicted molar refractivity (Wildman–Crippen MR) is 101 cm³/mol. The summed E-state index contributed by atoms with van der Waals surface area (Å²) in [6, 6.07) is 15.3. The van der Waals surface area contributed by atoms with E-state index in [1.54, 1.807) is 11.1 Å². The van der Waals surface area contributed by atoms with E-state index in [2.05, 4.69) is 6.07 Å². The minimum absolute atomic E-state index is 0.00108. The second kappa shape index (κ2) is 9.22. The third-order valence-corrected chi connectivity index (χ3v) is 4.83. The molecule has 0 bridgehead atoms. The topological polar surface area (TPSA) is 40.6 Å². The fourth-order valence-corrected chi connectivity index (χ4v) is 3.36. The largest absolute Gasteiger partial charge is 0.416 e. The van der Waals surface area contributed by atoms with Crippen LogP contribution in [0.25, 0.3) is 0 Å². The molecule has 2 aromatic rings. The van der Waals surface area contributed by atoms with Gasteiger partial charge in [-0.2, -0.15) is 13.2 Å². The van der Waals surface area contributed by atoms with E-state index in [-0.39, 0.29) is 24.5 Å². The summed E-state index contributed by atoms with van der Waals surface area (Å²) in [5.74, 6) is -0.160. The van der Waals surface area contributed by atoms with Crippen LogP contribution in [0.4, 0.5) is 13.2 Å². The molecule has 2 aromatic carbocycles.